The summed E-state index contributed by atoms with van der Waals surface area (Å²) in [4.78, 5) is 1.28. The largest absolute Gasteiger partial charge is 0.360 e. The molecule has 70 heavy (non-hydrogen) atoms. The van der Waals surface area contributed by atoms with Gasteiger partial charge in [-0.2, -0.15) is 20.4 Å². The monoisotopic (exact) mass is 1110 g/mol. The lowest BCUT2D eigenvalue weighted by molar-refractivity contribution is 0.0786. The predicted molar refractivity (Wildman–Crippen MR) is 278 cm³/mol. The Morgan fingerprint density at radius 3 is 1.43 bits per heavy atom. The summed E-state index contributed by atoms with van der Waals surface area (Å²) in [6.45, 7) is 8.70. The molecule has 4 aromatic carbocycles. The molecule has 0 saturated carbocycles. The topological polar surface area (TPSA) is 239 Å². The maximum absolute atomic E-state index is 11.6. The highest BCUT2D eigenvalue weighted by atomic mass is 79.9. The molecule has 0 fully saturated rings. The number of aromatic nitrogens is 8. The van der Waals surface area contributed by atoms with Gasteiger partial charge in [-0.25, -0.2) is 38.4 Å². The third kappa shape index (κ3) is 17.9. The molecule has 0 saturated heterocycles. The molecule has 4 aromatic heterocycles. The summed E-state index contributed by atoms with van der Waals surface area (Å²) in [6, 6.07) is 30.2. The third-order valence-corrected chi connectivity index (χ3v) is 16.5. The number of hydrogen-bond acceptors (Lipinski definition) is 13. The van der Waals surface area contributed by atoms with Crippen molar-refractivity contribution in [1.82, 2.24) is 40.0 Å². The average molecular weight is 1110 g/mol. The number of benzene rings is 4. The van der Waals surface area contributed by atoms with Crippen molar-refractivity contribution in [1.29, 1.82) is 0 Å². The Bertz CT molecular complexity index is 3430. The number of rotatable bonds is 14. The Kier molecular flexibility index (Phi) is 18.8. The van der Waals surface area contributed by atoms with Crippen molar-refractivity contribution in [3.05, 3.63) is 157 Å². The molecule has 0 aliphatic carbocycles. The van der Waals surface area contributed by atoms with Crippen LogP contribution in [0, 0.1) is 0 Å². The summed E-state index contributed by atoms with van der Waals surface area (Å²) in [7, 11) is -13.7. The summed E-state index contributed by atoms with van der Waals surface area (Å²) in [6.07, 6.45) is 17.1. The van der Waals surface area contributed by atoms with Gasteiger partial charge in [-0.05, 0) is 83.4 Å². The Labute approximate surface area is 419 Å². The van der Waals surface area contributed by atoms with E-state index in [4.69, 9.17) is 4.74 Å². The second kappa shape index (κ2) is 23.9. The van der Waals surface area contributed by atoms with Gasteiger partial charge in [0.05, 0.1) is 50.4 Å². The average Bonchev–Trinajstić information content (AvgIpc) is 4.15. The van der Waals surface area contributed by atoms with E-state index < -0.39 is 47.4 Å². The van der Waals surface area contributed by atoms with E-state index in [0.29, 0.717) is 32.9 Å². The molecule has 17 nitrogen and oxygen atoms in total. The van der Waals surface area contributed by atoms with Gasteiger partial charge in [-0.15, -0.1) is 0 Å². The normalized spacial score (nSPS) is 11.9. The molecular formula is C47H55BrN8O9S4Si. The van der Waals surface area contributed by atoms with E-state index in [-0.39, 0.29) is 0 Å². The lowest BCUT2D eigenvalue weighted by Gasteiger charge is -2.15. The first-order valence-electron chi connectivity index (χ1n) is 21.2. The zero-order chi connectivity index (χ0) is 51.3. The van der Waals surface area contributed by atoms with Crippen molar-refractivity contribution in [3.63, 3.8) is 0 Å². The number of nitrogens with zero attached hydrogens (tertiary/aromatic N) is 6. The van der Waals surface area contributed by atoms with Crippen molar-refractivity contribution in [2.24, 2.45) is 0 Å². The lowest BCUT2D eigenvalue weighted by Crippen LogP contribution is -2.22. The van der Waals surface area contributed by atoms with Crippen LogP contribution in [0.5, 0.6) is 0 Å². The van der Waals surface area contributed by atoms with Gasteiger partial charge >= 0.3 is 0 Å². The fourth-order valence-electron chi connectivity index (χ4n) is 6.09. The van der Waals surface area contributed by atoms with Gasteiger partial charge in [-0.1, -0.05) is 78.0 Å². The minimum absolute atomic E-state index is 0.307. The maximum atomic E-state index is 11.6. The van der Waals surface area contributed by atoms with Gasteiger partial charge in [0.1, 0.15) is 6.73 Å². The van der Waals surface area contributed by atoms with Crippen LogP contribution in [0.4, 0.5) is 0 Å². The Morgan fingerprint density at radius 2 is 1.01 bits per heavy atom. The van der Waals surface area contributed by atoms with E-state index in [1.54, 1.807) is 119 Å². The molecule has 0 spiro atoms. The smallest absolute Gasteiger partial charge is 0.175 e. The molecule has 8 rings (SSSR count). The van der Waals surface area contributed by atoms with Crippen LogP contribution in [0.15, 0.2) is 171 Å². The van der Waals surface area contributed by atoms with Crippen molar-refractivity contribution in [2.45, 2.75) is 58.5 Å². The number of nitrogens with one attached hydrogen (secondary N) is 2. The second-order valence-electron chi connectivity index (χ2n) is 17.2. The molecule has 0 radical (unpaired) electrons. The number of H-pyrrole nitrogens is 2. The number of hydrogen-bond donors (Lipinski definition) is 2. The Balaban J connectivity index is 0.000000180. The summed E-state index contributed by atoms with van der Waals surface area (Å²) < 4.78 is 101. The first-order valence-corrected chi connectivity index (χ1v) is 33.3. The minimum Gasteiger partial charge on any atom is -0.360 e. The molecule has 23 heteroatoms. The van der Waals surface area contributed by atoms with Crippen LogP contribution in [0.1, 0.15) is 5.69 Å². The molecule has 0 unspecified atom stereocenters. The molecule has 0 atom stereocenters. The van der Waals surface area contributed by atoms with Crippen LogP contribution in [-0.2, 0) is 57.4 Å². The van der Waals surface area contributed by atoms with Crippen molar-refractivity contribution in [2.75, 3.05) is 31.6 Å². The number of halogens is 1. The highest BCUT2D eigenvalue weighted by Crippen LogP contribution is 2.25. The quantitative estimate of drug-likeness (QED) is 0.0770. The van der Waals surface area contributed by atoms with Gasteiger partial charge in [0.2, 0.25) is 0 Å². The van der Waals surface area contributed by atoms with Crippen LogP contribution in [0.25, 0.3) is 33.4 Å². The van der Waals surface area contributed by atoms with E-state index in [0.717, 1.165) is 56.2 Å². The maximum Gasteiger partial charge on any atom is 0.175 e. The highest BCUT2D eigenvalue weighted by molar-refractivity contribution is 9.10. The number of sulfone groups is 4. The summed E-state index contributed by atoms with van der Waals surface area (Å²) >= 11 is 3.19. The van der Waals surface area contributed by atoms with Crippen LogP contribution in [0.2, 0.25) is 25.7 Å². The fraction of sp³-hybridized carbons (Fsp3) is 0.234. The SMILES string of the molecule is CS(=O)(=O)c1cccc(-c2cn[nH]c2)c1.CS(=O)(=O)c1cccc(-c2cnn(Cc3ccn[nH]3)c2)c1.CS(=O)(=O)c1cccc(Br)c1.C[Si](C)(C)CCOCn1cc(-c2cccc(S(C)(=O)=O)c2)cn1. The molecule has 0 amide bonds. The van der Waals surface area contributed by atoms with Gasteiger partial charge in [0.25, 0.3) is 0 Å². The van der Waals surface area contributed by atoms with E-state index in [1.165, 1.54) is 25.0 Å². The molecular weight excluding hydrogens is 1060 g/mol. The summed E-state index contributed by atoms with van der Waals surface area (Å²) in [5, 5.41) is 21.8. The van der Waals surface area contributed by atoms with E-state index >= 15 is 0 Å². The van der Waals surface area contributed by atoms with Gasteiger partial charge < -0.3 is 4.74 Å². The van der Waals surface area contributed by atoms with E-state index in [1.807, 2.05) is 36.7 Å². The van der Waals surface area contributed by atoms with Crippen molar-refractivity contribution in [3.8, 4) is 33.4 Å². The number of ether oxygens (including phenoxy) is 1. The summed E-state index contributed by atoms with van der Waals surface area (Å²) in [5.74, 6) is 0. The van der Waals surface area contributed by atoms with Crippen LogP contribution >= 0.6 is 15.9 Å². The Morgan fingerprint density at radius 1 is 0.557 bits per heavy atom. The minimum atomic E-state index is -3.21. The highest BCUT2D eigenvalue weighted by Gasteiger charge is 2.14. The zero-order valence-electron chi connectivity index (χ0n) is 39.6. The zero-order valence-corrected chi connectivity index (χ0v) is 45.4. The first-order chi connectivity index (χ1) is 32.7. The molecule has 4 heterocycles. The van der Waals surface area contributed by atoms with Crippen LogP contribution in [-0.4, -0.2) is 113 Å². The molecule has 2 N–H and O–H groups in total. The van der Waals surface area contributed by atoms with E-state index in [2.05, 4.69) is 66.2 Å². The molecule has 0 bridgehead atoms. The van der Waals surface area contributed by atoms with Crippen molar-refractivity contribution < 1.29 is 38.4 Å². The predicted octanol–water partition coefficient (Wildman–Crippen LogP) is 8.32. The van der Waals surface area contributed by atoms with E-state index in [9.17, 15) is 33.7 Å². The van der Waals surface area contributed by atoms with Gasteiger partial charge in [0.15, 0.2) is 39.3 Å². The third-order valence-electron chi connectivity index (χ3n) is 9.89. The van der Waals surface area contributed by atoms with Gasteiger partial charge in [-0.3, -0.25) is 14.9 Å². The van der Waals surface area contributed by atoms with Gasteiger partial charge in [0, 0.05) is 85.7 Å². The molecule has 0 aliphatic heterocycles. The standard InChI is InChI=1S/C16H24N2O3SSi.C14H14N4O2S.C10H10N2O2S.C7H7BrO2S/c1-22(19,20)16-7-5-6-14(10-16)15-11-17-18(12-15)13-21-8-9-23(2,3)4;1-21(19,20)14-4-2-3-11(7-14)12-8-16-18(9-12)10-13-5-6-15-17-13;1-15(13,14)10-4-2-3-8(5-10)9-6-11-12-7-9;1-11(9,10)7-4-2-3-6(8)5-7/h5-7,10-12H,8-9,13H2,1-4H3;2-9H,10H2,1H3,(H,15,17);2-7H,1H3,(H,11,12);2-5H,1H3. The van der Waals surface area contributed by atoms with Crippen molar-refractivity contribution >= 4 is 63.4 Å². The molecule has 372 valence electrons. The first kappa shape index (κ1) is 55.1. The fourth-order valence-corrected chi connectivity index (χ4v) is 10.1. The van der Waals surface area contributed by atoms with Crippen LogP contribution < -0.4 is 0 Å². The second-order valence-corrected chi connectivity index (χ2v) is 31.8. The summed E-state index contributed by atoms with van der Waals surface area (Å²) in [5.41, 5.74) is 6.08. The van der Waals surface area contributed by atoms with Crippen LogP contribution in [0.3, 0.4) is 0 Å². The molecule has 0 aliphatic rings. The molecule has 8 aromatic rings. The number of aromatic amines is 2. The Hall–Kier alpha value is -5.82. The lowest BCUT2D eigenvalue weighted by atomic mass is 10.1.